The first-order chi connectivity index (χ1) is 14.8. The highest BCUT2D eigenvalue weighted by atomic mass is 16.4. The molecule has 3 unspecified atom stereocenters. The van der Waals surface area contributed by atoms with Gasteiger partial charge in [0.25, 0.3) is 0 Å². The van der Waals surface area contributed by atoms with Crippen molar-refractivity contribution in [2.24, 2.45) is 17.6 Å². The molecule has 1 aliphatic rings. The SMILES string of the molecule is CC(C)C(Cc1nnc(-c2ccccc2)o1)NC(=O)C1CCCN1C(=O)C(N)C(C)C. The van der Waals surface area contributed by atoms with Gasteiger partial charge >= 0.3 is 0 Å². The quantitative estimate of drug-likeness (QED) is 0.669. The van der Waals surface area contributed by atoms with Crippen molar-refractivity contribution < 1.29 is 14.0 Å². The van der Waals surface area contributed by atoms with Gasteiger partial charge in [0.15, 0.2) is 0 Å². The average Bonchev–Trinajstić information content (AvgIpc) is 3.42. The van der Waals surface area contributed by atoms with Gasteiger partial charge in [0, 0.05) is 24.6 Å². The fourth-order valence-electron chi connectivity index (χ4n) is 3.73. The van der Waals surface area contributed by atoms with E-state index in [1.807, 2.05) is 58.0 Å². The van der Waals surface area contributed by atoms with Crippen LogP contribution in [-0.2, 0) is 16.0 Å². The van der Waals surface area contributed by atoms with Gasteiger partial charge < -0.3 is 20.4 Å². The number of aromatic nitrogens is 2. The number of carbonyl (C=O) groups excluding carboxylic acids is 2. The largest absolute Gasteiger partial charge is 0.421 e. The molecule has 0 bridgehead atoms. The maximum absolute atomic E-state index is 13.1. The zero-order chi connectivity index (χ0) is 22.5. The van der Waals surface area contributed by atoms with Crippen LogP contribution in [0.4, 0.5) is 0 Å². The van der Waals surface area contributed by atoms with E-state index in [1.165, 1.54) is 0 Å². The van der Waals surface area contributed by atoms with Crippen molar-refractivity contribution in [3.05, 3.63) is 36.2 Å². The van der Waals surface area contributed by atoms with E-state index in [4.69, 9.17) is 10.2 Å². The summed E-state index contributed by atoms with van der Waals surface area (Å²) in [7, 11) is 0. The van der Waals surface area contributed by atoms with Crippen LogP contribution < -0.4 is 11.1 Å². The minimum Gasteiger partial charge on any atom is -0.421 e. The standard InChI is InChI=1S/C23H33N5O3/c1-14(2)17(13-19-26-27-22(31-19)16-9-6-5-7-10-16)25-21(29)18-11-8-12-28(18)23(30)20(24)15(3)4/h5-7,9-10,14-15,17-18,20H,8,11-13,24H2,1-4H3,(H,25,29). The summed E-state index contributed by atoms with van der Waals surface area (Å²) in [5, 5.41) is 11.4. The van der Waals surface area contributed by atoms with Crippen LogP contribution in [0.5, 0.6) is 0 Å². The zero-order valence-corrected chi connectivity index (χ0v) is 18.7. The highest BCUT2D eigenvalue weighted by molar-refractivity contribution is 5.90. The minimum absolute atomic E-state index is 0.0246. The van der Waals surface area contributed by atoms with Gasteiger partial charge in [0.05, 0.1) is 6.04 Å². The molecular weight excluding hydrogens is 394 g/mol. The van der Waals surface area contributed by atoms with Gasteiger partial charge in [-0.05, 0) is 36.8 Å². The first kappa shape index (κ1) is 22.9. The van der Waals surface area contributed by atoms with Crippen molar-refractivity contribution in [3.63, 3.8) is 0 Å². The summed E-state index contributed by atoms with van der Waals surface area (Å²) in [6.45, 7) is 8.46. The van der Waals surface area contributed by atoms with E-state index in [-0.39, 0.29) is 29.7 Å². The molecule has 2 aromatic rings. The molecule has 1 fully saturated rings. The maximum atomic E-state index is 13.1. The Morgan fingerprint density at radius 2 is 1.87 bits per heavy atom. The monoisotopic (exact) mass is 427 g/mol. The molecule has 3 N–H and O–H groups in total. The Morgan fingerprint density at radius 3 is 2.52 bits per heavy atom. The number of hydrogen-bond acceptors (Lipinski definition) is 6. The molecule has 0 saturated carbocycles. The lowest BCUT2D eigenvalue weighted by Crippen LogP contribution is -2.54. The number of likely N-dealkylation sites (tertiary alicyclic amines) is 1. The van der Waals surface area contributed by atoms with E-state index >= 15 is 0 Å². The predicted octanol–water partition coefficient (Wildman–Crippen LogP) is 2.39. The molecule has 168 valence electrons. The number of nitrogens with two attached hydrogens (primary N) is 1. The summed E-state index contributed by atoms with van der Waals surface area (Å²) < 4.78 is 5.82. The van der Waals surface area contributed by atoms with E-state index in [2.05, 4.69) is 15.5 Å². The summed E-state index contributed by atoms with van der Waals surface area (Å²) >= 11 is 0. The van der Waals surface area contributed by atoms with Crippen molar-refractivity contribution in [1.29, 1.82) is 0 Å². The second kappa shape index (κ2) is 10.0. The highest BCUT2D eigenvalue weighted by Crippen LogP contribution is 2.22. The fourth-order valence-corrected chi connectivity index (χ4v) is 3.73. The van der Waals surface area contributed by atoms with Gasteiger partial charge in [-0.2, -0.15) is 0 Å². The normalized spacial score (nSPS) is 18.4. The van der Waals surface area contributed by atoms with Crippen LogP contribution in [0.3, 0.4) is 0 Å². The number of nitrogens with one attached hydrogen (secondary N) is 1. The molecule has 1 aromatic heterocycles. The Bertz CT molecular complexity index is 880. The Balaban J connectivity index is 1.66. The Morgan fingerprint density at radius 1 is 1.16 bits per heavy atom. The molecule has 2 heterocycles. The van der Waals surface area contributed by atoms with Crippen molar-refractivity contribution in [1.82, 2.24) is 20.4 Å². The number of carbonyl (C=O) groups is 2. The second-order valence-electron chi connectivity index (χ2n) is 8.89. The molecule has 1 aliphatic heterocycles. The molecule has 0 radical (unpaired) electrons. The Labute approximate surface area is 183 Å². The topological polar surface area (TPSA) is 114 Å². The average molecular weight is 428 g/mol. The molecule has 3 atom stereocenters. The van der Waals surface area contributed by atoms with Crippen LogP contribution in [0.15, 0.2) is 34.7 Å². The summed E-state index contributed by atoms with van der Waals surface area (Å²) in [4.78, 5) is 27.4. The van der Waals surface area contributed by atoms with Crippen molar-refractivity contribution in [2.45, 2.75) is 65.1 Å². The van der Waals surface area contributed by atoms with Crippen LogP contribution in [0, 0.1) is 11.8 Å². The minimum atomic E-state index is -0.593. The molecule has 0 aliphatic carbocycles. The lowest BCUT2D eigenvalue weighted by molar-refractivity contribution is -0.140. The highest BCUT2D eigenvalue weighted by Gasteiger charge is 2.37. The number of rotatable bonds is 8. The van der Waals surface area contributed by atoms with E-state index in [9.17, 15) is 9.59 Å². The molecule has 0 spiro atoms. The predicted molar refractivity (Wildman–Crippen MR) is 118 cm³/mol. The Hall–Kier alpha value is -2.74. The second-order valence-corrected chi connectivity index (χ2v) is 8.89. The van der Waals surface area contributed by atoms with Gasteiger partial charge in [0.2, 0.25) is 23.6 Å². The summed E-state index contributed by atoms with van der Waals surface area (Å²) in [6, 6.07) is 8.31. The van der Waals surface area contributed by atoms with Gasteiger partial charge in [-0.3, -0.25) is 9.59 Å². The van der Waals surface area contributed by atoms with Gasteiger partial charge in [-0.1, -0.05) is 45.9 Å². The van der Waals surface area contributed by atoms with Crippen LogP contribution in [0.25, 0.3) is 11.5 Å². The Kier molecular flexibility index (Phi) is 7.43. The first-order valence-corrected chi connectivity index (χ1v) is 11.0. The summed E-state index contributed by atoms with van der Waals surface area (Å²) in [5.41, 5.74) is 6.91. The maximum Gasteiger partial charge on any atom is 0.247 e. The molecule has 2 amide bonds. The smallest absolute Gasteiger partial charge is 0.247 e. The van der Waals surface area contributed by atoms with Crippen molar-refractivity contribution >= 4 is 11.8 Å². The van der Waals surface area contributed by atoms with Gasteiger partial charge in [-0.15, -0.1) is 10.2 Å². The molecule has 8 heteroatoms. The number of benzene rings is 1. The lowest BCUT2D eigenvalue weighted by atomic mass is 10.00. The van der Waals surface area contributed by atoms with E-state index in [0.717, 1.165) is 12.0 Å². The van der Waals surface area contributed by atoms with Gasteiger partial charge in [-0.25, -0.2) is 0 Å². The van der Waals surface area contributed by atoms with E-state index in [1.54, 1.807) is 4.90 Å². The van der Waals surface area contributed by atoms with Crippen molar-refractivity contribution in [2.75, 3.05) is 6.54 Å². The first-order valence-electron chi connectivity index (χ1n) is 11.0. The van der Waals surface area contributed by atoms with E-state index in [0.29, 0.717) is 31.2 Å². The van der Waals surface area contributed by atoms with E-state index < -0.39 is 12.1 Å². The van der Waals surface area contributed by atoms with Crippen LogP contribution >= 0.6 is 0 Å². The molecule has 1 saturated heterocycles. The number of amides is 2. The molecule has 8 nitrogen and oxygen atoms in total. The van der Waals surface area contributed by atoms with Crippen LogP contribution in [-0.4, -0.2) is 51.6 Å². The number of hydrogen-bond donors (Lipinski definition) is 2. The van der Waals surface area contributed by atoms with Crippen LogP contribution in [0.1, 0.15) is 46.4 Å². The zero-order valence-electron chi connectivity index (χ0n) is 18.7. The van der Waals surface area contributed by atoms with Crippen molar-refractivity contribution in [3.8, 4) is 11.5 Å². The summed E-state index contributed by atoms with van der Waals surface area (Å²) in [5.74, 6) is 0.802. The molecular formula is C23H33N5O3. The number of nitrogens with zero attached hydrogens (tertiary/aromatic N) is 3. The third-order valence-electron chi connectivity index (χ3n) is 5.86. The lowest BCUT2D eigenvalue weighted by Gasteiger charge is -2.30. The third kappa shape index (κ3) is 5.50. The van der Waals surface area contributed by atoms with Gasteiger partial charge in [0.1, 0.15) is 6.04 Å². The third-order valence-corrected chi connectivity index (χ3v) is 5.86. The van der Waals surface area contributed by atoms with Crippen LogP contribution in [0.2, 0.25) is 0 Å². The fraction of sp³-hybridized carbons (Fsp3) is 0.565. The summed E-state index contributed by atoms with van der Waals surface area (Å²) in [6.07, 6.45) is 1.87. The molecule has 3 rings (SSSR count). The molecule has 1 aromatic carbocycles. The molecule has 31 heavy (non-hydrogen) atoms.